The average Bonchev–Trinajstić information content (AvgIpc) is 3.08. The number of halogens is 2. The Balaban J connectivity index is 1.55. The highest BCUT2D eigenvalue weighted by Crippen LogP contribution is 2.41. The van der Waals surface area contributed by atoms with Crippen LogP contribution in [0, 0.1) is 11.6 Å². The maximum atomic E-state index is 13.8. The standard InChI is InChI=1S/C17H19F2N5O/c1-23-5-2-13-15(22-10-21-13)17(23)3-6-24(7-4-17)16(25)14-12(19)8-11(18)9-20-14/h8-10H,2-7H2,1H3,(H,21,22). The SMILES string of the molecule is CN1CCc2[nH]cnc2C12CCN(C(=O)c1ncc(F)cc1F)CC2. The predicted molar refractivity (Wildman–Crippen MR) is 85.9 cm³/mol. The van der Waals surface area contributed by atoms with E-state index in [4.69, 9.17) is 0 Å². The molecule has 1 amide bonds. The van der Waals surface area contributed by atoms with Crippen LogP contribution >= 0.6 is 0 Å². The minimum atomic E-state index is -0.922. The predicted octanol–water partition coefficient (Wildman–Crippen LogP) is 1.70. The number of likely N-dealkylation sites (tertiary alicyclic amines) is 1. The molecule has 0 bridgehead atoms. The number of carbonyl (C=O) groups excluding carboxylic acids is 1. The fourth-order valence-corrected chi connectivity index (χ4v) is 4.01. The van der Waals surface area contributed by atoms with Gasteiger partial charge in [0.15, 0.2) is 11.5 Å². The number of hydrogen-bond donors (Lipinski definition) is 1. The van der Waals surface area contributed by atoms with Crippen molar-refractivity contribution in [3.63, 3.8) is 0 Å². The average molecular weight is 347 g/mol. The number of amides is 1. The first kappa shape index (κ1) is 16.1. The Kier molecular flexibility index (Phi) is 3.79. The highest BCUT2D eigenvalue weighted by atomic mass is 19.1. The van der Waals surface area contributed by atoms with E-state index in [1.807, 2.05) is 0 Å². The van der Waals surface area contributed by atoms with Gasteiger partial charge in [0.2, 0.25) is 0 Å². The minimum Gasteiger partial charge on any atom is -0.348 e. The van der Waals surface area contributed by atoms with E-state index in [1.54, 1.807) is 11.2 Å². The summed E-state index contributed by atoms with van der Waals surface area (Å²) in [5.41, 5.74) is 1.69. The fraction of sp³-hybridized carbons (Fsp3) is 0.471. The molecule has 0 aromatic carbocycles. The van der Waals surface area contributed by atoms with Crippen LogP contribution in [0.25, 0.3) is 0 Å². The Labute approximate surface area is 143 Å². The van der Waals surface area contributed by atoms with Gasteiger partial charge in [-0.2, -0.15) is 0 Å². The van der Waals surface area contributed by atoms with Crippen LogP contribution < -0.4 is 0 Å². The number of nitrogens with one attached hydrogen (secondary N) is 1. The molecule has 0 atom stereocenters. The van der Waals surface area contributed by atoms with Gasteiger partial charge in [-0.05, 0) is 19.9 Å². The molecule has 6 nitrogen and oxygen atoms in total. The number of likely N-dealkylation sites (N-methyl/N-ethyl adjacent to an activating group) is 1. The van der Waals surface area contributed by atoms with Crippen molar-refractivity contribution in [1.29, 1.82) is 0 Å². The summed E-state index contributed by atoms with van der Waals surface area (Å²) in [5, 5.41) is 0. The normalized spacial score (nSPS) is 19.9. The zero-order valence-electron chi connectivity index (χ0n) is 13.9. The topological polar surface area (TPSA) is 65.1 Å². The van der Waals surface area contributed by atoms with Crippen LogP contribution in [0.15, 0.2) is 18.6 Å². The Morgan fingerprint density at radius 2 is 2.00 bits per heavy atom. The first-order valence-corrected chi connectivity index (χ1v) is 8.35. The van der Waals surface area contributed by atoms with Crippen LogP contribution in [0.4, 0.5) is 8.78 Å². The van der Waals surface area contributed by atoms with Crippen molar-refractivity contribution in [2.75, 3.05) is 26.7 Å². The van der Waals surface area contributed by atoms with Gasteiger partial charge >= 0.3 is 0 Å². The largest absolute Gasteiger partial charge is 0.348 e. The molecule has 0 aliphatic carbocycles. The van der Waals surface area contributed by atoms with Gasteiger partial charge in [-0.15, -0.1) is 0 Å². The van der Waals surface area contributed by atoms with E-state index in [0.29, 0.717) is 19.2 Å². The van der Waals surface area contributed by atoms with Gasteiger partial charge in [0.25, 0.3) is 5.91 Å². The molecule has 4 rings (SSSR count). The van der Waals surface area contributed by atoms with Crippen LogP contribution in [-0.2, 0) is 12.0 Å². The maximum absolute atomic E-state index is 13.8. The number of hydrogen-bond acceptors (Lipinski definition) is 4. The highest BCUT2D eigenvalue weighted by Gasteiger charge is 2.45. The molecular formula is C17H19F2N5O. The number of aromatic amines is 1. The Bertz CT molecular complexity index is 813. The van der Waals surface area contributed by atoms with Crippen molar-refractivity contribution >= 4 is 5.91 Å². The Hall–Kier alpha value is -2.35. The summed E-state index contributed by atoms with van der Waals surface area (Å²) in [6.07, 6.45) is 4.96. The van der Waals surface area contributed by atoms with Crippen LogP contribution in [-0.4, -0.2) is 57.3 Å². The number of piperidine rings is 1. The van der Waals surface area contributed by atoms with E-state index < -0.39 is 17.5 Å². The van der Waals surface area contributed by atoms with Gasteiger partial charge in [0.05, 0.1) is 23.8 Å². The molecule has 4 heterocycles. The molecule has 1 N–H and O–H groups in total. The van der Waals surface area contributed by atoms with E-state index in [2.05, 4.69) is 26.9 Å². The summed E-state index contributed by atoms with van der Waals surface area (Å²) in [5.74, 6) is -2.20. The van der Waals surface area contributed by atoms with E-state index >= 15 is 0 Å². The van der Waals surface area contributed by atoms with Crippen molar-refractivity contribution in [1.82, 2.24) is 24.8 Å². The van der Waals surface area contributed by atoms with E-state index in [9.17, 15) is 13.6 Å². The van der Waals surface area contributed by atoms with Crippen LogP contribution in [0.3, 0.4) is 0 Å². The molecule has 1 saturated heterocycles. The second kappa shape index (κ2) is 5.87. The number of rotatable bonds is 1. The minimum absolute atomic E-state index is 0.195. The van der Waals surface area contributed by atoms with Gasteiger partial charge in [0, 0.05) is 37.8 Å². The Morgan fingerprint density at radius 1 is 1.24 bits per heavy atom. The first-order valence-electron chi connectivity index (χ1n) is 8.35. The quantitative estimate of drug-likeness (QED) is 0.853. The molecule has 2 aromatic heterocycles. The summed E-state index contributed by atoms with van der Waals surface area (Å²) in [4.78, 5) is 27.8. The molecule has 2 aliphatic rings. The Morgan fingerprint density at radius 3 is 2.72 bits per heavy atom. The van der Waals surface area contributed by atoms with Crippen LogP contribution in [0.1, 0.15) is 34.7 Å². The van der Waals surface area contributed by atoms with E-state index in [-0.39, 0.29) is 11.2 Å². The second-order valence-electron chi connectivity index (χ2n) is 6.71. The number of pyridine rings is 1. The number of fused-ring (bicyclic) bond motifs is 2. The van der Waals surface area contributed by atoms with Gasteiger partial charge < -0.3 is 9.88 Å². The van der Waals surface area contributed by atoms with Gasteiger partial charge in [-0.25, -0.2) is 18.7 Å². The maximum Gasteiger partial charge on any atom is 0.275 e. The van der Waals surface area contributed by atoms with Crippen molar-refractivity contribution < 1.29 is 13.6 Å². The number of aromatic nitrogens is 3. The monoisotopic (exact) mass is 347 g/mol. The molecule has 0 radical (unpaired) electrons. The molecule has 0 unspecified atom stereocenters. The van der Waals surface area contributed by atoms with Gasteiger partial charge in [0.1, 0.15) is 5.82 Å². The third-order valence-corrected chi connectivity index (χ3v) is 5.48. The van der Waals surface area contributed by atoms with Crippen LogP contribution in [0.2, 0.25) is 0 Å². The van der Waals surface area contributed by atoms with Crippen molar-refractivity contribution in [3.8, 4) is 0 Å². The lowest BCUT2D eigenvalue weighted by atomic mass is 9.79. The fourth-order valence-electron chi connectivity index (χ4n) is 4.01. The van der Waals surface area contributed by atoms with E-state index in [1.165, 1.54) is 0 Å². The molecule has 8 heteroatoms. The van der Waals surface area contributed by atoms with Crippen molar-refractivity contribution in [2.45, 2.75) is 24.8 Å². The van der Waals surface area contributed by atoms with Crippen LogP contribution in [0.5, 0.6) is 0 Å². The van der Waals surface area contributed by atoms with Crippen molar-refractivity contribution in [2.24, 2.45) is 0 Å². The number of nitrogens with zero attached hydrogens (tertiary/aromatic N) is 4. The smallest absolute Gasteiger partial charge is 0.275 e. The third-order valence-electron chi connectivity index (χ3n) is 5.48. The van der Waals surface area contributed by atoms with Crippen molar-refractivity contribution in [3.05, 3.63) is 47.3 Å². The lowest BCUT2D eigenvalue weighted by Crippen LogP contribution is -2.55. The summed E-state index contributed by atoms with van der Waals surface area (Å²) in [6.45, 7) is 1.89. The van der Waals surface area contributed by atoms with Gasteiger partial charge in [-0.1, -0.05) is 0 Å². The number of imidazole rings is 1. The zero-order valence-corrected chi connectivity index (χ0v) is 13.9. The summed E-state index contributed by atoms with van der Waals surface area (Å²) in [6, 6.07) is 0.691. The summed E-state index contributed by atoms with van der Waals surface area (Å²) < 4.78 is 26.9. The first-order chi connectivity index (χ1) is 12.0. The third kappa shape index (κ3) is 2.52. The molecule has 25 heavy (non-hydrogen) atoms. The lowest BCUT2D eigenvalue weighted by Gasteiger charge is -2.49. The number of H-pyrrole nitrogens is 1. The number of carbonyl (C=O) groups is 1. The zero-order chi connectivity index (χ0) is 17.6. The molecule has 2 aliphatic heterocycles. The molecule has 1 spiro atoms. The lowest BCUT2D eigenvalue weighted by molar-refractivity contribution is 0.0221. The molecule has 1 fully saturated rings. The highest BCUT2D eigenvalue weighted by molar-refractivity contribution is 5.92. The summed E-state index contributed by atoms with van der Waals surface area (Å²) >= 11 is 0. The van der Waals surface area contributed by atoms with Gasteiger partial charge in [-0.3, -0.25) is 9.69 Å². The van der Waals surface area contributed by atoms with E-state index in [0.717, 1.165) is 43.4 Å². The molecular weight excluding hydrogens is 328 g/mol. The molecule has 0 saturated carbocycles. The molecule has 132 valence electrons. The second-order valence-corrected chi connectivity index (χ2v) is 6.71. The summed E-state index contributed by atoms with van der Waals surface area (Å²) in [7, 11) is 2.08. The molecule has 2 aromatic rings.